The Morgan fingerprint density at radius 3 is 2.46 bits per heavy atom. The van der Waals surface area contributed by atoms with E-state index in [9.17, 15) is 4.39 Å². The molecule has 0 N–H and O–H groups in total. The highest BCUT2D eigenvalue weighted by atomic mass is 32.2. The summed E-state index contributed by atoms with van der Waals surface area (Å²) in [4.78, 5) is 5.86. The fraction of sp³-hybridized carbons (Fsp3) is 0.318. The predicted octanol–water partition coefficient (Wildman–Crippen LogP) is 7.47. The minimum absolute atomic E-state index is 0.203. The maximum atomic E-state index is 13.0. The Hall–Kier alpha value is -1.52. The molecule has 4 heteroatoms. The van der Waals surface area contributed by atoms with Crippen LogP contribution >= 0.6 is 23.5 Å². The van der Waals surface area contributed by atoms with Crippen molar-refractivity contribution in [3.63, 3.8) is 0 Å². The first-order valence-corrected chi connectivity index (χ1v) is 10.9. The molecule has 0 amide bonds. The number of hydrogen-bond donors (Lipinski definition) is 0. The zero-order valence-electron chi connectivity index (χ0n) is 15.0. The highest BCUT2D eigenvalue weighted by molar-refractivity contribution is 8.15. The van der Waals surface area contributed by atoms with Gasteiger partial charge in [-0.25, -0.2) is 9.38 Å². The van der Waals surface area contributed by atoms with Crippen LogP contribution in [0.4, 0.5) is 10.1 Å². The first kappa shape index (κ1) is 19.2. The van der Waals surface area contributed by atoms with Crippen LogP contribution in [0.2, 0.25) is 0 Å². The van der Waals surface area contributed by atoms with Crippen molar-refractivity contribution in [1.29, 1.82) is 0 Å². The number of benzene rings is 2. The fourth-order valence-electron chi connectivity index (χ4n) is 3.13. The van der Waals surface area contributed by atoms with Gasteiger partial charge in [0.25, 0.3) is 0 Å². The van der Waals surface area contributed by atoms with Gasteiger partial charge in [0.2, 0.25) is 0 Å². The molecule has 0 aromatic heterocycles. The zero-order valence-corrected chi connectivity index (χ0v) is 16.6. The van der Waals surface area contributed by atoms with Crippen molar-refractivity contribution in [1.82, 2.24) is 0 Å². The molecule has 1 fully saturated rings. The van der Waals surface area contributed by atoms with E-state index < -0.39 is 0 Å². The zero-order chi connectivity index (χ0) is 18.2. The summed E-state index contributed by atoms with van der Waals surface area (Å²) in [5.41, 5.74) is 0.977. The summed E-state index contributed by atoms with van der Waals surface area (Å²) in [5, 5.41) is 3.65. The molecule has 0 spiro atoms. The summed E-state index contributed by atoms with van der Waals surface area (Å²) in [7, 11) is 0. The van der Waals surface area contributed by atoms with E-state index in [1.54, 1.807) is 23.9 Å². The van der Waals surface area contributed by atoms with Gasteiger partial charge in [0.15, 0.2) is 0 Å². The molecule has 136 valence electrons. The SMILES string of the molecule is CC(SC(C=CSc1ccc(F)cc1)=Nc1ccccc1)C1CCCC1. The van der Waals surface area contributed by atoms with Gasteiger partial charge in [-0.05, 0) is 66.6 Å². The molecule has 1 aliphatic rings. The third-order valence-electron chi connectivity index (χ3n) is 4.59. The molecule has 1 saturated carbocycles. The molecule has 2 aromatic carbocycles. The second-order valence-electron chi connectivity index (χ2n) is 6.53. The van der Waals surface area contributed by atoms with Crippen LogP contribution in [0.5, 0.6) is 0 Å². The van der Waals surface area contributed by atoms with Gasteiger partial charge >= 0.3 is 0 Å². The average molecular weight is 386 g/mol. The van der Waals surface area contributed by atoms with Gasteiger partial charge in [-0.2, -0.15) is 0 Å². The Kier molecular flexibility index (Phi) is 7.39. The molecule has 1 nitrogen and oxygen atoms in total. The largest absolute Gasteiger partial charge is 0.242 e. The number of halogens is 1. The maximum Gasteiger partial charge on any atom is 0.123 e. The van der Waals surface area contributed by atoms with Crippen LogP contribution in [0.15, 0.2) is 76.0 Å². The van der Waals surface area contributed by atoms with Gasteiger partial charge in [-0.1, -0.05) is 49.7 Å². The van der Waals surface area contributed by atoms with Crippen LogP contribution in [0.3, 0.4) is 0 Å². The minimum atomic E-state index is -0.203. The minimum Gasteiger partial charge on any atom is -0.242 e. The van der Waals surface area contributed by atoms with E-state index in [0.717, 1.165) is 21.5 Å². The second kappa shape index (κ2) is 9.98. The average Bonchev–Trinajstić information content (AvgIpc) is 3.19. The number of aliphatic imine (C=N–C) groups is 1. The molecule has 0 aliphatic heterocycles. The summed E-state index contributed by atoms with van der Waals surface area (Å²) in [6.45, 7) is 2.32. The standard InChI is InChI=1S/C22H24FNS2/c1-17(18-7-5-6-8-18)26-22(24-20-9-3-2-4-10-20)15-16-25-21-13-11-19(23)12-14-21/h2-4,9-18H,5-8H2,1H3. The Morgan fingerprint density at radius 2 is 1.77 bits per heavy atom. The highest BCUT2D eigenvalue weighted by Gasteiger charge is 2.22. The van der Waals surface area contributed by atoms with Crippen molar-refractivity contribution in [2.45, 2.75) is 42.8 Å². The highest BCUT2D eigenvalue weighted by Crippen LogP contribution is 2.35. The third kappa shape index (κ3) is 6.03. The molecule has 1 aliphatic carbocycles. The van der Waals surface area contributed by atoms with Crippen molar-refractivity contribution in [3.05, 3.63) is 71.9 Å². The lowest BCUT2D eigenvalue weighted by Gasteiger charge is -2.18. The Morgan fingerprint density at radius 1 is 1.08 bits per heavy atom. The lowest BCUT2D eigenvalue weighted by Crippen LogP contribution is -2.11. The molecule has 0 saturated heterocycles. The van der Waals surface area contributed by atoms with Crippen LogP contribution in [0.1, 0.15) is 32.6 Å². The van der Waals surface area contributed by atoms with Crippen molar-refractivity contribution in [2.75, 3.05) is 0 Å². The summed E-state index contributed by atoms with van der Waals surface area (Å²) in [6.07, 6.45) is 7.47. The fourth-order valence-corrected chi connectivity index (χ4v) is 5.01. The summed E-state index contributed by atoms with van der Waals surface area (Å²) < 4.78 is 13.0. The maximum absolute atomic E-state index is 13.0. The monoisotopic (exact) mass is 385 g/mol. The Labute approximate surface area is 164 Å². The Bertz CT molecular complexity index is 734. The van der Waals surface area contributed by atoms with Crippen LogP contribution in [0, 0.1) is 11.7 Å². The number of hydrogen-bond acceptors (Lipinski definition) is 3. The molecule has 0 heterocycles. The Balaban J connectivity index is 1.70. The first-order valence-electron chi connectivity index (χ1n) is 9.10. The lowest BCUT2D eigenvalue weighted by molar-refractivity contribution is 0.546. The van der Waals surface area contributed by atoms with Crippen LogP contribution in [-0.4, -0.2) is 10.3 Å². The second-order valence-corrected chi connectivity index (χ2v) is 8.90. The number of rotatable bonds is 6. The molecule has 3 rings (SSSR count). The molecule has 1 atom stereocenters. The van der Waals surface area contributed by atoms with Crippen LogP contribution < -0.4 is 0 Å². The van der Waals surface area contributed by atoms with E-state index in [1.807, 2.05) is 47.5 Å². The molecule has 0 radical (unpaired) electrons. The number of thioether (sulfide) groups is 2. The molecule has 26 heavy (non-hydrogen) atoms. The van der Waals surface area contributed by atoms with E-state index in [-0.39, 0.29) is 5.82 Å². The predicted molar refractivity (Wildman–Crippen MR) is 114 cm³/mol. The van der Waals surface area contributed by atoms with Gasteiger partial charge in [0, 0.05) is 10.1 Å². The lowest BCUT2D eigenvalue weighted by atomic mass is 10.1. The van der Waals surface area contributed by atoms with Crippen LogP contribution in [-0.2, 0) is 0 Å². The van der Waals surface area contributed by atoms with E-state index in [1.165, 1.54) is 37.8 Å². The first-order chi connectivity index (χ1) is 12.7. The van der Waals surface area contributed by atoms with Crippen molar-refractivity contribution in [3.8, 4) is 0 Å². The van der Waals surface area contributed by atoms with Crippen molar-refractivity contribution in [2.24, 2.45) is 10.9 Å². The third-order valence-corrected chi connectivity index (χ3v) is 6.64. The van der Waals surface area contributed by atoms with Crippen LogP contribution in [0.25, 0.3) is 0 Å². The number of nitrogens with zero attached hydrogens (tertiary/aromatic N) is 1. The van der Waals surface area contributed by atoms with E-state index in [2.05, 4.69) is 13.0 Å². The normalized spacial score (nSPS) is 17.1. The topological polar surface area (TPSA) is 12.4 Å². The summed E-state index contributed by atoms with van der Waals surface area (Å²) in [6, 6.07) is 16.7. The van der Waals surface area contributed by atoms with Gasteiger partial charge in [-0.3, -0.25) is 0 Å². The van der Waals surface area contributed by atoms with Crippen molar-refractivity contribution >= 4 is 34.3 Å². The van der Waals surface area contributed by atoms with Gasteiger partial charge in [0.05, 0.1) is 10.7 Å². The van der Waals surface area contributed by atoms with Gasteiger partial charge in [0.1, 0.15) is 5.82 Å². The van der Waals surface area contributed by atoms with E-state index >= 15 is 0 Å². The van der Waals surface area contributed by atoms with Gasteiger partial charge < -0.3 is 0 Å². The smallest absolute Gasteiger partial charge is 0.123 e. The summed E-state index contributed by atoms with van der Waals surface area (Å²) >= 11 is 3.45. The van der Waals surface area contributed by atoms with Crippen molar-refractivity contribution < 1.29 is 4.39 Å². The summed E-state index contributed by atoms with van der Waals surface area (Å²) in [5.74, 6) is 0.588. The number of para-hydroxylation sites is 1. The molecule has 1 unspecified atom stereocenters. The molecule has 2 aromatic rings. The molecular formula is C22H24FNS2. The quantitative estimate of drug-likeness (QED) is 0.290. The van der Waals surface area contributed by atoms with E-state index in [4.69, 9.17) is 4.99 Å². The van der Waals surface area contributed by atoms with E-state index in [0.29, 0.717) is 5.25 Å². The van der Waals surface area contributed by atoms with Gasteiger partial charge in [-0.15, -0.1) is 11.8 Å². The molecular weight excluding hydrogens is 361 g/mol. The molecule has 0 bridgehead atoms.